The molecule has 1 atom stereocenters. The van der Waals surface area contributed by atoms with Crippen LogP contribution < -0.4 is 5.43 Å². The second-order valence-corrected chi connectivity index (χ2v) is 1.38. The van der Waals surface area contributed by atoms with E-state index in [-0.39, 0.29) is 12.4 Å². The third-order valence-electron chi connectivity index (χ3n) is 0.667. The minimum Gasteiger partial charge on any atom is -0.478 e. The second kappa shape index (κ2) is 6.00. The van der Waals surface area contributed by atoms with Crippen molar-refractivity contribution in [3.8, 4) is 0 Å². The fourth-order valence-corrected chi connectivity index (χ4v) is 0.168. The van der Waals surface area contributed by atoms with Gasteiger partial charge in [-0.25, -0.2) is 10.2 Å². The number of halogens is 1. The molecule has 0 radical (unpaired) electrons. The highest BCUT2D eigenvalue weighted by molar-refractivity contribution is 5.85. The number of rotatable bonds is 3. The van der Waals surface area contributed by atoms with Crippen molar-refractivity contribution in [3.05, 3.63) is 10.4 Å². The quantitative estimate of drug-likeness (QED) is 0.279. The maximum Gasteiger partial charge on any atom is 0.348 e. The first-order valence-corrected chi connectivity index (χ1v) is 2.21. The lowest BCUT2D eigenvalue weighted by Crippen LogP contribution is -2.28. The summed E-state index contributed by atoms with van der Waals surface area (Å²) in [5, 5.41) is 11.0. The van der Waals surface area contributed by atoms with Crippen LogP contribution in [0.2, 0.25) is 0 Å². The summed E-state index contributed by atoms with van der Waals surface area (Å²) >= 11 is 0. The van der Waals surface area contributed by atoms with Gasteiger partial charge in [-0.05, 0) is 12.1 Å². The molecule has 10 heavy (non-hydrogen) atoms. The summed E-state index contributed by atoms with van der Waals surface area (Å²) in [6, 6.07) is -0.833. The van der Waals surface area contributed by atoms with Crippen molar-refractivity contribution >= 4 is 18.4 Å². The average Bonchev–Trinajstić information content (AvgIpc) is 1.82. The minimum absolute atomic E-state index is 0. The molecule has 0 aliphatic carbocycles. The monoisotopic (exact) mass is 166 g/mol. The highest BCUT2D eigenvalue weighted by atomic mass is 35.5. The zero-order chi connectivity index (χ0) is 7.28. The van der Waals surface area contributed by atoms with E-state index >= 15 is 0 Å². The first-order chi connectivity index (χ1) is 4.18. The molecule has 0 aliphatic rings. The normalized spacial score (nSPS) is 10.1. The van der Waals surface area contributed by atoms with Crippen LogP contribution in [0.25, 0.3) is 10.4 Å². The zero-order valence-electron chi connectivity index (χ0n) is 5.18. The Morgan fingerprint density at radius 2 is 2.40 bits per heavy atom. The van der Waals surface area contributed by atoms with Gasteiger partial charge < -0.3 is 5.11 Å². The van der Waals surface area contributed by atoms with Crippen molar-refractivity contribution in [1.29, 1.82) is 0 Å². The number of nitrogens with one attached hydrogen (secondary N) is 1. The largest absolute Gasteiger partial charge is 0.478 e. The van der Waals surface area contributed by atoms with E-state index in [2.05, 4.69) is 10.1 Å². The van der Waals surface area contributed by atoms with Crippen LogP contribution in [0.4, 0.5) is 0 Å². The lowest BCUT2D eigenvalue weighted by molar-refractivity contribution is -0.138. The number of carboxylic acid groups (broad SMARTS) is 1. The van der Waals surface area contributed by atoms with Crippen LogP contribution in [-0.4, -0.2) is 17.1 Å². The maximum absolute atomic E-state index is 9.96. The second-order valence-electron chi connectivity index (χ2n) is 1.38. The van der Waals surface area contributed by atoms with Gasteiger partial charge in [0.2, 0.25) is 0 Å². The fourth-order valence-electron chi connectivity index (χ4n) is 0.168. The third kappa shape index (κ3) is 5.02. The Kier molecular flexibility index (Phi) is 6.98. The van der Waals surface area contributed by atoms with Gasteiger partial charge in [0, 0.05) is 0 Å². The molecule has 58 valence electrons. The van der Waals surface area contributed by atoms with Crippen LogP contribution in [0, 0.1) is 0 Å². The number of carbonyl (C=O) groups is 1. The molecule has 0 aromatic carbocycles. The van der Waals surface area contributed by atoms with E-state index in [0.29, 0.717) is 0 Å². The number of hydrogen-bond acceptors (Lipinski definition) is 2. The molecule has 0 heterocycles. The molecule has 0 unspecified atom stereocenters. The predicted octanol–water partition coefficient (Wildman–Crippen LogP) is 0.696. The molecule has 0 fully saturated rings. The molecular weight excluding hydrogens is 160 g/mol. The summed E-state index contributed by atoms with van der Waals surface area (Å²) in [6.45, 7) is 1.37. The molecule has 0 bridgehead atoms. The van der Waals surface area contributed by atoms with Crippen LogP contribution in [0.1, 0.15) is 6.92 Å². The van der Waals surface area contributed by atoms with Crippen molar-refractivity contribution < 1.29 is 9.90 Å². The Morgan fingerprint density at radius 3 is 2.70 bits per heavy atom. The minimum atomic E-state index is -1.05. The van der Waals surface area contributed by atoms with Gasteiger partial charge in [0.25, 0.3) is 0 Å². The molecule has 7 heteroatoms. The summed E-state index contributed by atoms with van der Waals surface area (Å²) in [7, 11) is 0. The Bertz CT molecular complexity index is 155. The fraction of sp³-hybridized carbons (Fsp3) is 0.667. The SMILES string of the molecule is C[C@@H](NN=[N+]=[N-])C(=O)O.Cl. The van der Waals surface area contributed by atoms with E-state index < -0.39 is 12.0 Å². The maximum atomic E-state index is 9.96. The van der Waals surface area contributed by atoms with Gasteiger partial charge in [-0.3, -0.25) is 0 Å². The van der Waals surface area contributed by atoms with Gasteiger partial charge in [-0.15, -0.1) is 17.9 Å². The molecule has 0 aliphatic heterocycles. The predicted molar refractivity (Wildman–Crippen MR) is 36.6 cm³/mol. The first kappa shape index (κ1) is 11.6. The molecule has 0 rings (SSSR count). The molecule has 0 saturated heterocycles. The number of nitrogens with zero attached hydrogens (tertiary/aromatic N) is 3. The van der Waals surface area contributed by atoms with Crippen molar-refractivity contribution in [3.63, 3.8) is 0 Å². The zero-order valence-corrected chi connectivity index (χ0v) is 6.00. The number of hydrogen-bond donors (Lipinski definition) is 2. The lowest BCUT2D eigenvalue weighted by Gasteiger charge is -1.97. The summed E-state index contributed by atoms with van der Waals surface area (Å²) < 4.78 is 0. The van der Waals surface area contributed by atoms with Crippen molar-refractivity contribution in [2.75, 3.05) is 0 Å². The van der Waals surface area contributed by atoms with E-state index in [1.54, 1.807) is 0 Å². The smallest absolute Gasteiger partial charge is 0.348 e. The molecule has 6 nitrogen and oxygen atoms in total. The van der Waals surface area contributed by atoms with Gasteiger partial charge in [-0.2, -0.15) is 4.91 Å². The Hall–Kier alpha value is -1.13. The Labute approximate surface area is 63.2 Å². The molecule has 2 N–H and O–H groups in total. The van der Waals surface area contributed by atoms with Gasteiger partial charge >= 0.3 is 5.97 Å². The lowest BCUT2D eigenvalue weighted by atomic mass is 10.4. The van der Waals surface area contributed by atoms with Gasteiger partial charge in [-0.1, -0.05) is 0 Å². The highest BCUT2D eigenvalue weighted by Gasteiger charge is 2.10. The van der Waals surface area contributed by atoms with Gasteiger partial charge in [0.05, 0.1) is 0 Å². The van der Waals surface area contributed by atoms with E-state index in [1.807, 2.05) is 5.43 Å². The highest BCUT2D eigenvalue weighted by Crippen LogP contribution is 1.78. The van der Waals surface area contributed by atoms with Crippen molar-refractivity contribution in [2.45, 2.75) is 13.0 Å². The topological polar surface area (TPSA) is 98.1 Å². The van der Waals surface area contributed by atoms with Crippen molar-refractivity contribution in [2.24, 2.45) is 5.22 Å². The summed E-state index contributed by atoms with van der Waals surface area (Å²) in [4.78, 5) is 12.3. The summed E-state index contributed by atoms with van der Waals surface area (Å²) in [5.74, 6) is -1.05. The third-order valence-corrected chi connectivity index (χ3v) is 0.667. The van der Waals surface area contributed by atoms with Crippen LogP contribution in [-0.2, 0) is 4.79 Å². The molecule has 0 aromatic heterocycles. The summed E-state index contributed by atoms with van der Waals surface area (Å²) in [6.07, 6.45) is 0. The van der Waals surface area contributed by atoms with Crippen LogP contribution in [0.15, 0.2) is 5.22 Å². The van der Waals surface area contributed by atoms with E-state index in [0.717, 1.165) is 0 Å². The Balaban J connectivity index is 0. The first-order valence-electron chi connectivity index (χ1n) is 2.21. The molecule has 0 aromatic rings. The standard InChI is InChI=1S/C3H6N4O2.ClH/c1-2(3(8)9)5-7-6-4;/h2,5H,1H3,(H,8,9);1H/t2-;/m1./s1. The molecule has 0 amide bonds. The van der Waals surface area contributed by atoms with Crippen molar-refractivity contribution in [1.82, 2.24) is 5.43 Å². The van der Waals surface area contributed by atoms with Gasteiger partial charge in [0.15, 0.2) is 6.04 Å². The van der Waals surface area contributed by atoms with E-state index in [4.69, 9.17) is 10.6 Å². The van der Waals surface area contributed by atoms with Gasteiger partial charge in [0.1, 0.15) is 0 Å². The number of azide groups is 1. The van der Waals surface area contributed by atoms with Crippen LogP contribution in [0.3, 0.4) is 0 Å². The molecule has 0 saturated carbocycles. The van der Waals surface area contributed by atoms with E-state index in [1.165, 1.54) is 6.92 Å². The summed E-state index contributed by atoms with van der Waals surface area (Å²) in [5.41, 5.74) is 9.74. The molecular formula is C3H7ClN4O2. The van der Waals surface area contributed by atoms with Crippen LogP contribution >= 0.6 is 12.4 Å². The Morgan fingerprint density at radius 1 is 1.90 bits per heavy atom. The number of aliphatic carboxylic acids is 1. The number of carboxylic acids is 1. The molecule has 0 spiro atoms. The van der Waals surface area contributed by atoms with E-state index in [9.17, 15) is 4.79 Å². The average molecular weight is 167 g/mol. The van der Waals surface area contributed by atoms with Crippen LogP contribution in [0.5, 0.6) is 0 Å².